The third-order valence-electron chi connectivity index (χ3n) is 5.54. The number of hydrogen-bond acceptors (Lipinski definition) is 5. The predicted octanol–water partition coefficient (Wildman–Crippen LogP) is 3.62. The molecule has 1 unspecified atom stereocenters. The van der Waals surface area contributed by atoms with Crippen molar-refractivity contribution in [2.24, 2.45) is 0 Å². The number of aryl methyl sites for hydroxylation is 1. The SMILES string of the molecule is Cc1nn2cc(C(C)C)cnc2c1C(=O)NC1(c2ccc(C(F)(F)F)nc2)CCOC1. The lowest BCUT2D eigenvalue weighted by Gasteiger charge is -2.29. The molecule has 7 nitrogen and oxygen atoms in total. The van der Waals surface area contributed by atoms with Gasteiger partial charge < -0.3 is 10.1 Å². The second kappa shape index (κ2) is 7.60. The number of pyridine rings is 1. The van der Waals surface area contributed by atoms with Crippen molar-refractivity contribution < 1.29 is 22.7 Å². The lowest BCUT2D eigenvalue weighted by atomic mass is 9.89. The molecule has 1 aliphatic heterocycles. The predicted molar refractivity (Wildman–Crippen MR) is 106 cm³/mol. The second-order valence-electron chi connectivity index (χ2n) is 8.04. The van der Waals surface area contributed by atoms with E-state index >= 15 is 0 Å². The summed E-state index contributed by atoms with van der Waals surface area (Å²) in [6.45, 7) is 6.29. The summed E-state index contributed by atoms with van der Waals surface area (Å²) in [5.74, 6) is -0.160. The zero-order valence-electron chi connectivity index (χ0n) is 17.3. The number of carbonyl (C=O) groups excluding carboxylic acids is 1. The number of nitrogens with zero attached hydrogens (tertiary/aromatic N) is 4. The molecule has 31 heavy (non-hydrogen) atoms. The van der Waals surface area contributed by atoms with Crippen molar-refractivity contribution in [3.8, 4) is 0 Å². The first kappa shape index (κ1) is 21.2. The van der Waals surface area contributed by atoms with Crippen LogP contribution >= 0.6 is 0 Å². The van der Waals surface area contributed by atoms with Crippen LogP contribution in [-0.4, -0.2) is 38.7 Å². The van der Waals surface area contributed by atoms with Gasteiger partial charge >= 0.3 is 6.18 Å². The first-order chi connectivity index (χ1) is 14.6. The van der Waals surface area contributed by atoms with E-state index in [9.17, 15) is 18.0 Å². The first-order valence-corrected chi connectivity index (χ1v) is 9.89. The van der Waals surface area contributed by atoms with Gasteiger partial charge in [-0.2, -0.15) is 18.3 Å². The molecule has 1 amide bonds. The van der Waals surface area contributed by atoms with E-state index in [1.807, 2.05) is 20.0 Å². The van der Waals surface area contributed by atoms with Crippen LogP contribution in [0, 0.1) is 6.92 Å². The van der Waals surface area contributed by atoms with Crippen LogP contribution in [0.25, 0.3) is 5.65 Å². The highest BCUT2D eigenvalue weighted by atomic mass is 19.4. The Morgan fingerprint density at radius 1 is 1.26 bits per heavy atom. The van der Waals surface area contributed by atoms with Crippen molar-refractivity contribution in [3.05, 3.63) is 58.8 Å². The molecule has 3 aromatic heterocycles. The van der Waals surface area contributed by atoms with Crippen LogP contribution in [0.3, 0.4) is 0 Å². The van der Waals surface area contributed by atoms with Crippen LogP contribution in [0.1, 0.15) is 59.1 Å². The zero-order valence-corrected chi connectivity index (χ0v) is 17.3. The lowest BCUT2D eigenvalue weighted by Crippen LogP contribution is -2.46. The number of amides is 1. The minimum Gasteiger partial charge on any atom is -0.379 e. The van der Waals surface area contributed by atoms with E-state index in [-0.39, 0.29) is 12.5 Å². The van der Waals surface area contributed by atoms with Crippen molar-refractivity contribution >= 4 is 11.6 Å². The van der Waals surface area contributed by atoms with Crippen LogP contribution in [0.4, 0.5) is 13.2 Å². The molecule has 1 N–H and O–H groups in total. The fraction of sp³-hybridized carbons (Fsp3) is 0.429. The topological polar surface area (TPSA) is 81.4 Å². The van der Waals surface area contributed by atoms with Gasteiger partial charge in [0.25, 0.3) is 5.91 Å². The Kier molecular flexibility index (Phi) is 5.20. The Balaban J connectivity index is 1.68. The molecule has 0 radical (unpaired) electrons. The van der Waals surface area contributed by atoms with E-state index < -0.39 is 23.3 Å². The van der Waals surface area contributed by atoms with Gasteiger partial charge in [-0.1, -0.05) is 19.9 Å². The summed E-state index contributed by atoms with van der Waals surface area (Å²) in [6.07, 6.45) is 0.579. The van der Waals surface area contributed by atoms with E-state index in [4.69, 9.17) is 4.74 Å². The molecule has 0 aromatic carbocycles. The van der Waals surface area contributed by atoms with Gasteiger partial charge in [-0.05, 0) is 30.0 Å². The summed E-state index contributed by atoms with van der Waals surface area (Å²) >= 11 is 0. The third kappa shape index (κ3) is 3.87. The third-order valence-corrected chi connectivity index (χ3v) is 5.54. The van der Waals surface area contributed by atoms with Gasteiger partial charge in [-0.15, -0.1) is 0 Å². The number of aromatic nitrogens is 4. The maximum Gasteiger partial charge on any atom is 0.433 e. The molecule has 10 heteroatoms. The highest BCUT2D eigenvalue weighted by Crippen LogP contribution is 2.33. The van der Waals surface area contributed by atoms with Crippen molar-refractivity contribution in [1.82, 2.24) is 24.9 Å². The smallest absolute Gasteiger partial charge is 0.379 e. The first-order valence-electron chi connectivity index (χ1n) is 9.89. The molecule has 164 valence electrons. The van der Waals surface area contributed by atoms with E-state index in [0.29, 0.717) is 35.5 Å². The average molecular weight is 433 g/mol. The molecule has 1 atom stereocenters. The van der Waals surface area contributed by atoms with Crippen LogP contribution in [-0.2, 0) is 16.5 Å². The summed E-state index contributed by atoms with van der Waals surface area (Å²) in [7, 11) is 0. The van der Waals surface area contributed by atoms with Crippen molar-refractivity contribution in [2.75, 3.05) is 13.2 Å². The molecular formula is C21H22F3N5O2. The highest BCUT2D eigenvalue weighted by molar-refractivity contribution is 6.01. The van der Waals surface area contributed by atoms with Gasteiger partial charge in [0, 0.05) is 31.6 Å². The molecule has 0 bridgehead atoms. The summed E-state index contributed by atoms with van der Waals surface area (Å²) in [4.78, 5) is 21.2. The Hall–Kier alpha value is -3.01. The number of fused-ring (bicyclic) bond motifs is 1. The minimum atomic E-state index is -4.53. The molecule has 0 spiro atoms. The minimum absolute atomic E-state index is 0.134. The van der Waals surface area contributed by atoms with Crippen LogP contribution in [0.2, 0.25) is 0 Å². The second-order valence-corrected chi connectivity index (χ2v) is 8.04. The van der Waals surface area contributed by atoms with Gasteiger partial charge in [0.05, 0.1) is 17.8 Å². The molecule has 3 aromatic rings. The monoisotopic (exact) mass is 433 g/mol. The summed E-state index contributed by atoms with van der Waals surface area (Å²) in [5.41, 5.74) is 0.715. The van der Waals surface area contributed by atoms with E-state index in [1.165, 1.54) is 6.07 Å². The zero-order chi connectivity index (χ0) is 22.4. The summed E-state index contributed by atoms with van der Waals surface area (Å²) in [6, 6.07) is 2.25. The van der Waals surface area contributed by atoms with E-state index in [2.05, 4.69) is 20.4 Å². The van der Waals surface area contributed by atoms with Crippen LogP contribution in [0.15, 0.2) is 30.7 Å². The fourth-order valence-electron chi connectivity index (χ4n) is 3.71. The molecule has 4 heterocycles. The Labute approximate surface area is 176 Å². The number of hydrogen-bond donors (Lipinski definition) is 1. The van der Waals surface area contributed by atoms with Crippen molar-refractivity contribution in [2.45, 2.75) is 44.8 Å². The Morgan fingerprint density at radius 3 is 2.61 bits per heavy atom. The fourth-order valence-corrected chi connectivity index (χ4v) is 3.71. The number of rotatable bonds is 4. The summed E-state index contributed by atoms with van der Waals surface area (Å²) in [5, 5.41) is 7.37. The molecular weight excluding hydrogens is 411 g/mol. The number of halogens is 3. The number of nitrogens with one attached hydrogen (secondary N) is 1. The standard InChI is InChI=1S/C21H22F3N5O2/c1-12(2)14-8-26-18-17(13(3)28-29(18)10-14)19(30)27-20(6-7-31-11-20)15-4-5-16(25-9-15)21(22,23)24/h4-5,8-10,12H,6-7,11H2,1-3H3,(H,27,30). The number of ether oxygens (including phenoxy) is 1. The van der Waals surface area contributed by atoms with Gasteiger partial charge in [-0.25, -0.2) is 9.50 Å². The van der Waals surface area contributed by atoms with E-state index in [1.54, 1.807) is 17.6 Å². The van der Waals surface area contributed by atoms with Crippen LogP contribution in [0.5, 0.6) is 0 Å². The molecule has 0 aliphatic carbocycles. The van der Waals surface area contributed by atoms with Gasteiger partial charge in [0.1, 0.15) is 11.3 Å². The van der Waals surface area contributed by atoms with Crippen molar-refractivity contribution in [1.29, 1.82) is 0 Å². The largest absolute Gasteiger partial charge is 0.433 e. The highest BCUT2D eigenvalue weighted by Gasteiger charge is 2.41. The lowest BCUT2D eigenvalue weighted by molar-refractivity contribution is -0.141. The van der Waals surface area contributed by atoms with Crippen molar-refractivity contribution in [3.63, 3.8) is 0 Å². The van der Waals surface area contributed by atoms with Crippen LogP contribution < -0.4 is 5.32 Å². The molecule has 0 saturated carbocycles. The Bertz CT molecular complexity index is 1120. The maximum absolute atomic E-state index is 13.3. The molecule has 1 fully saturated rings. The summed E-state index contributed by atoms with van der Waals surface area (Å²) < 4.78 is 45.7. The number of alkyl halides is 3. The molecule has 1 saturated heterocycles. The maximum atomic E-state index is 13.3. The Morgan fingerprint density at radius 2 is 2.03 bits per heavy atom. The molecule has 4 rings (SSSR count). The normalized spacial score (nSPS) is 19.3. The quantitative estimate of drug-likeness (QED) is 0.680. The van der Waals surface area contributed by atoms with Gasteiger partial charge in [0.2, 0.25) is 0 Å². The van der Waals surface area contributed by atoms with Gasteiger partial charge in [-0.3, -0.25) is 9.78 Å². The van der Waals surface area contributed by atoms with Gasteiger partial charge in [0.15, 0.2) is 5.65 Å². The number of carbonyl (C=O) groups is 1. The van der Waals surface area contributed by atoms with E-state index in [0.717, 1.165) is 17.8 Å². The molecule has 1 aliphatic rings. The average Bonchev–Trinajstić information content (AvgIpc) is 3.31.